The molecule has 1 heterocycles. The molecule has 0 bridgehead atoms. The molecule has 0 aromatic heterocycles. The van der Waals surface area contributed by atoms with Crippen molar-refractivity contribution in [2.24, 2.45) is 0 Å². The van der Waals surface area contributed by atoms with Gasteiger partial charge < -0.3 is 10.1 Å². The molecule has 0 radical (unpaired) electrons. The summed E-state index contributed by atoms with van der Waals surface area (Å²) in [6.07, 6.45) is 0. The van der Waals surface area contributed by atoms with E-state index in [2.05, 4.69) is 5.32 Å². The standard InChI is InChI=1S/C19H16Cl2N2O3/c1-10-5-4-6-14(11(10)2)23-18(24)16(21)17(19(23)25)22-13-9-12(20)7-8-15(13)26-3/h4-9,22H,1-3H3. The van der Waals surface area contributed by atoms with E-state index in [-0.39, 0.29) is 10.7 Å². The van der Waals surface area contributed by atoms with Crippen LogP contribution >= 0.6 is 23.2 Å². The molecule has 1 aliphatic rings. The van der Waals surface area contributed by atoms with Crippen molar-refractivity contribution in [1.29, 1.82) is 0 Å². The molecule has 134 valence electrons. The van der Waals surface area contributed by atoms with E-state index in [4.69, 9.17) is 27.9 Å². The van der Waals surface area contributed by atoms with E-state index < -0.39 is 11.8 Å². The summed E-state index contributed by atoms with van der Waals surface area (Å²) < 4.78 is 5.26. The second-order valence-electron chi connectivity index (χ2n) is 5.82. The number of rotatable bonds is 4. The second-order valence-corrected chi connectivity index (χ2v) is 6.64. The number of amides is 2. The van der Waals surface area contributed by atoms with Crippen LogP contribution in [0.25, 0.3) is 0 Å². The van der Waals surface area contributed by atoms with E-state index >= 15 is 0 Å². The fourth-order valence-corrected chi connectivity index (χ4v) is 3.11. The third kappa shape index (κ3) is 3.04. The van der Waals surface area contributed by atoms with E-state index in [1.807, 2.05) is 19.9 Å². The Morgan fingerprint density at radius 2 is 1.77 bits per heavy atom. The number of imide groups is 1. The average Bonchev–Trinajstić information content (AvgIpc) is 2.81. The summed E-state index contributed by atoms with van der Waals surface area (Å²) in [5, 5.41) is 3.16. The lowest BCUT2D eigenvalue weighted by atomic mass is 10.1. The Balaban J connectivity index is 2.00. The van der Waals surface area contributed by atoms with Crippen LogP contribution in [0.3, 0.4) is 0 Å². The number of aryl methyl sites for hydroxylation is 1. The Labute approximate surface area is 161 Å². The Morgan fingerprint density at radius 1 is 1.04 bits per heavy atom. The molecule has 0 saturated carbocycles. The minimum absolute atomic E-state index is 0.0156. The fourth-order valence-electron chi connectivity index (χ4n) is 2.72. The molecule has 1 aliphatic heterocycles. The molecule has 0 fully saturated rings. The topological polar surface area (TPSA) is 58.6 Å². The maximum atomic E-state index is 12.9. The van der Waals surface area contributed by atoms with Crippen LogP contribution in [0.4, 0.5) is 11.4 Å². The second kappa shape index (κ2) is 7.02. The monoisotopic (exact) mass is 390 g/mol. The lowest BCUT2D eigenvalue weighted by Crippen LogP contribution is -2.33. The predicted octanol–water partition coefficient (Wildman–Crippen LogP) is 4.40. The Kier molecular flexibility index (Phi) is 4.94. The van der Waals surface area contributed by atoms with Gasteiger partial charge in [0.2, 0.25) is 0 Å². The van der Waals surface area contributed by atoms with Crippen molar-refractivity contribution in [1.82, 2.24) is 0 Å². The third-order valence-corrected chi connectivity index (χ3v) is 4.85. The van der Waals surface area contributed by atoms with Gasteiger partial charge in [-0.25, -0.2) is 4.90 Å². The summed E-state index contributed by atoms with van der Waals surface area (Å²) in [7, 11) is 1.49. The van der Waals surface area contributed by atoms with Gasteiger partial charge in [0.05, 0.1) is 18.5 Å². The molecule has 7 heteroatoms. The van der Waals surface area contributed by atoms with Crippen molar-refractivity contribution in [2.75, 3.05) is 17.3 Å². The minimum Gasteiger partial charge on any atom is -0.495 e. The van der Waals surface area contributed by atoms with E-state index in [1.54, 1.807) is 30.3 Å². The summed E-state index contributed by atoms with van der Waals surface area (Å²) in [6, 6.07) is 10.3. The highest BCUT2D eigenvalue weighted by Crippen LogP contribution is 2.35. The fraction of sp³-hybridized carbons (Fsp3) is 0.158. The molecule has 1 N–H and O–H groups in total. The third-order valence-electron chi connectivity index (χ3n) is 4.27. The molecule has 0 spiro atoms. The molecule has 0 atom stereocenters. The lowest BCUT2D eigenvalue weighted by molar-refractivity contribution is -0.120. The van der Waals surface area contributed by atoms with Crippen molar-refractivity contribution >= 4 is 46.4 Å². The zero-order valence-electron chi connectivity index (χ0n) is 14.4. The van der Waals surface area contributed by atoms with Gasteiger partial charge in [-0.05, 0) is 49.2 Å². The Bertz CT molecular complexity index is 954. The normalized spacial score (nSPS) is 14.3. The number of halogens is 2. The molecule has 0 aliphatic carbocycles. The van der Waals surface area contributed by atoms with Crippen molar-refractivity contribution in [3.8, 4) is 5.75 Å². The van der Waals surface area contributed by atoms with Crippen molar-refractivity contribution < 1.29 is 14.3 Å². The number of hydrogen-bond acceptors (Lipinski definition) is 4. The van der Waals surface area contributed by atoms with Crippen LogP contribution < -0.4 is 15.0 Å². The molecule has 0 unspecified atom stereocenters. The van der Waals surface area contributed by atoms with Gasteiger partial charge in [0.25, 0.3) is 11.8 Å². The summed E-state index contributed by atoms with van der Waals surface area (Å²) in [5.74, 6) is -0.638. The number of carbonyl (C=O) groups is 2. The first-order chi connectivity index (χ1) is 12.3. The number of nitrogens with one attached hydrogen (secondary N) is 1. The van der Waals surface area contributed by atoms with Crippen LogP contribution in [-0.2, 0) is 9.59 Å². The number of carbonyl (C=O) groups excluding carboxylic acids is 2. The minimum atomic E-state index is -0.575. The molecule has 0 saturated heterocycles. The van der Waals surface area contributed by atoms with Crippen molar-refractivity contribution in [2.45, 2.75) is 13.8 Å². The van der Waals surface area contributed by atoms with Gasteiger partial charge in [-0.2, -0.15) is 0 Å². The van der Waals surface area contributed by atoms with E-state index in [9.17, 15) is 9.59 Å². The summed E-state index contributed by atoms with van der Waals surface area (Å²) in [6.45, 7) is 3.76. The molecule has 26 heavy (non-hydrogen) atoms. The molecule has 2 aromatic carbocycles. The van der Waals surface area contributed by atoms with Gasteiger partial charge in [0.15, 0.2) is 0 Å². The maximum Gasteiger partial charge on any atom is 0.283 e. The first kappa shape index (κ1) is 18.3. The van der Waals surface area contributed by atoms with Gasteiger partial charge in [0.1, 0.15) is 16.5 Å². The maximum absolute atomic E-state index is 12.9. The highest BCUT2D eigenvalue weighted by Gasteiger charge is 2.39. The number of ether oxygens (including phenoxy) is 1. The Morgan fingerprint density at radius 3 is 2.46 bits per heavy atom. The smallest absolute Gasteiger partial charge is 0.283 e. The number of benzene rings is 2. The molecular weight excluding hydrogens is 375 g/mol. The largest absolute Gasteiger partial charge is 0.495 e. The van der Waals surface area contributed by atoms with Crippen LogP contribution in [0.2, 0.25) is 5.02 Å². The van der Waals surface area contributed by atoms with Crippen molar-refractivity contribution in [3.05, 3.63) is 63.3 Å². The SMILES string of the molecule is COc1ccc(Cl)cc1NC1=C(Cl)C(=O)N(c2cccc(C)c2C)C1=O. The quantitative estimate of drug-likeness (QED) is 0.785. The molecule has 2 amide bonds. The van der Waals surface area contributed by atoms with E-state index in [0.29, 0.717) is 22.1 Å². The molecule has 3 rings (SSSR count). The van der Waals surface area contributed by atoms with Gasteiger partial charge in [0, 0.05) is 5.02 Å². The van der Waals surface area contributed by atoms with E-state index in [0.717, 1.165) is 16.0 Å². The summed E-state index contributed by atoms with van der Waals surface area (Å²) in [4.78, 5) is 26.6. The van der Waals surface area contributed by atoms with Gasteiger partial charge >= 0.3 is 0 Å². The number of hydrogen-bond donors (Lipinski definition) is 1. The zero-order valence-corrected chi connectivity index (χ0v) is 15.9. The lowest BCUT2D eigenvalue weighted by Gasteiger charge is -2.19. The average molecular weight is 391 g/mol. The predicted molar refractivity (Wildman–Crippen MR) is 103 cm³/mol. The van der Waals surface area contributed by atoms with Crippen LogP contribution in [0, 0.1) is 13.8 Å². The van der Waals surface area contributed by atoms with Crippen LogP contribution in [0.15, 0.2) is 47.1 Å². The zero-order chi connectivity index (χ0) is 19.0. The summed E-state index contributed by atoms with van der Waals surface area (Å²) in [5.41, 5.74) is 2.74. The number of anilines is 2. The summed E-state index contributed by atoms with van der Waals surface area (Å²) >= 11 is 12.2. The molecular formula is C19H16Cl2N2O3. The molecule has 2 aromatic rings. The van der Waals surface area contributed by atoms with Gasteiger partial charge in [-0.1, -0.05) is 35.3 Å². The van der Waals surface area contributed by atoms with Crippen molar-refractivity contribution in [3.63, 3.8) is 0 Å². The number of methoxy groups -OCH3 is 1. The van der Waals surface area contributed by atoms with Gasteiger partial charge in [-0.3, -0.25) is 9.59 Å². The Hall–Kier alpha value is -2.50. The highest BCUT2D eigenvalue weighted by molar-refractivity contribution is 6.53. The van der Waals surface area contributed by atoms with Gasteiger partial charge in [-0.15, -0.1) is 0 Å². The van der Waals surface area contributed by atoms with E-state index in [1.165, 1.54) is 7.11 Å². The first-order valence-electron chi connectivity index (χ1n) is 7.80. The molecule has 5 nitrogen and oxygen atoms in total. The highest BCUT2D eigenvalue weighted by atomic mass is 35.5. The van der Waals surface area contributed by atoms with Crippen LogP contribution in [0.5, 0.6) is 5.75 Å². The van der Waals surface area contributed by atoms with Crippen LogP contribution in [-0.4, -0.2) is 18.9 Å². The first-order valence-corrected chi connectivity index (χ1v) is 8.56. The van der Waals surface area contributed by atoms with Crippen LogP contribution in [0.1, 0.15) is 11.1 Å². The number of nitrogens with zero attached hydrogens (tertiary/aromatic N) is 1.